The molecule has 0 saturated heterocycles. The molecule has 2 fully saturated rings. The summed E-state index contributed by atoms with van der Waals surface area (Å²) in [4.78, 5) is 36.5. The Bertz CT molecular complexity index is 1700. The smallest absolute Gasteiger partial charge is 0.412 e. The van der Waals surface area contributed by atoms with Crippen molar-refractivity contribution in [3.05, 3.63) is 48.1 Å². The minimum atomic E-state index is -1.31. The zero-order valence-electron chi connectivity index (χ0n) is 41.8. The Labute approximate surface area is 398 Å². The molecule has 2 amide bonds. The van der Waals surface area contributed by atoms with Crippen LogP contribution in [-0.4, -0.2) is 83.2 Å². The number of carbonyl (C=O) groups is 2. The van der Waals surface area contributed by atoms with E-state index in [4.69, 9.17) is 24.2 Å². The summed E-state index contributed by atoms with van der Waals surface area (Å²) in [5.41, 5.74) is 2.15. The molecule has 6 unspecified atom stereocenters. The number of hydrogen-bond donors (Lipinski definition) is 3. The lowest BCUT2D eigenvalue weighted by atomic mass is 9.55. The minimum absolute atomic E-state index is 0.0694. The van der Waals surface area contributed by atoms with Gasteiger partial charge in [-0.2, -0.15) is 0 Å². The fourth-order valence-electron chi connectivity index (χ4n) is 11.3. The number of aliphatic hydroxyl groups is 2. The van der Waals surface area contributed by atoms with Crippen molar-refractivity contribution >= 4 is 17.7 Å². The van der Waals surface area contributed by atoms with Crippen molar-refractivity contribution in [3.8, 4) is 11.5 Å². The van der Waals surface area contributed by atoms with Gasteiger partial charge in [-0.1, -0.05) is 127 Å². The van der Waals surface area contributed by atoms with Crippen LogP contribution in [0.2, 0.25) is 0 Å². The average Bonchev–Trinajstić information content (AvgIpc) is 3.83. The van der Waals surface area contributed by atoms with Gasteiger partial charge >= 0.3 is 6.09 Å². The van der Waals surface area contributed by atoms with E-state index in [9.17, 15) is 19.8 Å². The molecule has 372 valence electrons. The van der Waals surface area contributed by atoms with E-state index in [0.717, 1.165) is 68.2 Å². The molecule has 1 heterocycles. The van der Waals surface area contributed by atoms with Crippen LogP contribution >= 0.6 is 0 Å². The number of hydrogen-bond acceptors (Lipinski definition) is 9. The van der Waals surface area contributed by atoms with Crippen molar-refractivity contribution in [2.24, 2.45) is 28.8 Å². The SMILES string of the molecule is C=CCOC12Oc3ccc(OC(=O)NCCCCCCCCCCCC)cc3C3C(CCCCO)C(CCCCO)C=C(C(=NOC(C)(C)C)CC1N(CCC)C(=O)CCC1CCCC1)C32. The molecule has 3 N–H and O–H groups in total. The van der Waals surface area contributed by atoms with Crippen molar-refractivity contribution in [3.63, 3.8) is 0 Å². The van der Waals surface area contributed by atoms with Crippen molar-refractivity contribution in [1.82, 2.24) is 10.2 Å². The number of benzene rings is 1. The van der Waals surface area contributed by atoms with Gasteiger partial charge in [0.25, 0.3) is 0 Å². The van der Waals surface area contributed by atoms with Crippen LogP contribution < -0.4 is 14.8 Å². The molecule has 0 radical (unpaired) electrons. The predicted octanol–water partition coefficient (Wildman–Crippen LogP) is 12.3. The van der Waals surface area contributed by atoms with E-state index in [1.54, 1.807) is 12.1 Å². The summed E-state index contributed by atoms with van der Waals surface area (Å²) in [6, 6.07) is 5.16. The molecule has 3 aliphatic carbocycles. The summed E-state index contributed by atoms with van der Waals surface area (Å²) < 4.78 is 20.6. The van der Waals surface area contributed by atoms with Gasteiger partial charge in [0, 0.05) is 50.6 Å². The Morgan fingerprint density at radius 2 is 1.59 bits per heavy atom. The molecule has 4 aliphatic rings. The van der Waals surface area contributed by atoms with Gasteiger partial charge in [0.1, 0.15) is 23.1 Å². The third-order valence-corrected chi connectivity index (χ3v) is 14.5. The summed E-state index contributed by atoms with van der Waals surface area (Å²) in [5.74, 6) is 0.00286. The highest BCUT2D eigenvalue weighted by molar-refractivity contribution is 6.03. The number of rotatable bonds is 30. The van der Waals surface area contributed by atoms with E-state index in [2.05, 4.69) is 31.8 Å². The van der Waals surface area contributed by atoms with Crippen LogP contribution in [0.25, 0.3) is 0 Å². The zero-order chi connectivity index (χ0) is 47.4. The van der Waals surface area contributed by atoms with Crippen LogP contribution in [0, 0.1) is 23.7 Å². The highest BCUT2D eigenvalue weighted by Gasteiger charge is 2.65. The van der Waals surface area contributed by atoms with Gasteiger partial charge in [-0.25, -0.2) is 4.79 Å². The molecule has 66 heavy (non-hydrogen) atoms. The maximum atomic E-state index is 14.8. The van der Waals surface area contributed by atoms with Crippen LogP contribution in [0.5, 0.6) is 11.5 Å². The predicted molar refractivity (Wildman–Crippen MR) is 265 cm³/mol. The normalized spacial score (nSPS) is 24.3. The van der Waals surface area contributed by atoms with E-state index < -0.39 is 29.4 Å². The molecule has 11 heteroatoms. The standard InChI is InChI=1S/C55H89N3O8/c1-7-10-11-12-13-14-15-16-17-22-33-56-53(62)64-43-30-31-48-46(39-43)51-44(28-21-24-36-60)42(27-20-23-35-59)38-45-47(57-66-54(4,5)6)40-49(55(65-48,52(45)51)63-37-9-3)58(34-8-2)50(61)32-29-41-25-18-19-26-41/h9,30-31,38-39,41-42,44,49,51-52,59-60H,3,7-8,10-29,32-37,40H2,1-2,4-6H3,(H,56,62). The quantitative estimate of drug-likeness (QED) is 0.0394. The number of ether oxygens (including phenoxy) is 3. The molecule has 1 aromatic carbocycles. The van der Waals surface area contributed by atoms with Gasteiger partial charge in [0.2, 0.25) is 11.7 Å². The first-order valence-corrected chi connectivity index (χ1v) is 26.5. The summed E-state index contributed by atoms with van der Waals surface area (Å²) in [5, 5.41) is 27.9. The number of carbonyl (C=O) groups excluding carboxylic acids is 2. The maximum Gasteiger partial charge on any atom is 0.412 e. The maximum absolute atomic E-state index is 14.8. The lowest BCUT2D eigenvalue weighted by Gasteiger charge is -2.60. The molecule has 1 aliphatic heterocycles. The molecule has 6 atom stereocenters. The van der Waals surface area contributed by atoms with Gasteiger partial charge in [-0.3, -0.25) is 4.79 Å². The molecule has 0 spiro atoms. The Kier molecular flexibility index (Phi) is 22.4. The lowest BCUT2D eigenvalue weighted by molar-refractivity contribution is -0.257. The lowest BCUT2D eigenvalue weighted by Crippen LogP contribution is -2.70. The number of oxime groups is 1. The molecule has 5 rings (SSSR count). The Morgan fingerprint density at radius 3 is 2.24 bits per heavy atom. The van der Waals surface area contributed by atoms with Crippen molar-refractivity contribution in [2.75, 3.05) is 32.9 Å². The second-order valence-corrected chi connectivity index (χ2v) is 20.8. The van der Waals surface area contributed by atoms with Crippen LogP contribution in [0.3, 0.4) is 0 Å². The molecule has 0 aromatic heterocycles. The van der Waals surface area contributed by atoms with E-state index in [1.165, 1.54) is 77.0 Å². The first kappa shape index (κ1) is 53.5. The van der Waals surface area contributed by atoms with Crippen LogP contribution in [-0.2, 0) is 14.4 Å². The molecule has 0 bridgehead atoms. The van der Waals surface area contributed by atoms with Crippen LogP contribution in [0.1, 0.15) is 200 Å². The number of allylic oxidation sites excluding steroid dienone is 1. The average molecular weight is 920 g/mol. The fraction of sp³-hybridized carbons (Fsp3) is 0.764. The molecule has 2 saturated carbocycles. The van der Waals surface area contributed by atoms with Gasteiger partial charge in [0.15, 0.2) is 0 Å². The third kappa shape index (κ3) is 15.0. The Morgan fingerprint density at radius 1 is 0.909 bits per heavy atom. The van der Waals surface area contributed by atoms with Crippen molar-refractivity contribution in [2.45, 2.75) is 212 Å². The highest BCUT2D eigenvalue weighted by Crippen LogP contribution is 2.62. The van der Waals surface area contributed by atoms with E-state index in [0.29, 0.717) is 56.2 Å². The van der Waals surface area contributed by atoms with Crippen LogP contribution in [0.15, 0.2) is 47.7 Å². The molecule has 11 nitrogen and oxygen atoms in total. The number of nitrogens with zero attached hydrogens (tertiary/aromatic N) is 2. The summed E-state index contributed by atoms with van der Waals surface area (Å²) >= 11 is 0. The van der Waals surface area contributed by atoms with E-state index >= 15 is 0 Å². The van der Waals surface area contributed by atoms with Gasteiger partial charge in [0.05, 0.1) is 18.2 Å². The fourth-order valence-corrected chi connectivity index (χ4v) is 11.3. The number of nitrogens with one attached hydrogen (secondary N) is 1. The zero-order valence-corrected chi connectivity index (χ0v) is 41.8. The monoisotopic (exact) mass is 920 g/mol. The number of unbranched alkanes of at least 4 members (excludes halogenated alkanes) is 11. The highest BCUT2D eigenvalue weighted by atomic mass is 16.7. The molecular weight excluding hydrogens is 831 g/mol. The van der Waals surface area contributed by atoms with E-state index in [-0.39, 0.29) is 43.5 Å². The molecule has 1 aromatic rings. The van der Waals surface area contributed by atoms with E-state index in [1.807, 2.05) is 37.8 Å². The number of amides is 2. The molecular formula is C55H89N3O8. The third-order valence-electron chi connectivity index (χ3n) is 14.5. The van der Waals surface area contributed by atoms with Gasteiger partial charge < -0.3 is 39.5 Å². The first-order valence-electron chi connectivity index (χ1n) is 26.5. The summed E-state index contributed by atoms with van der Waals surface area (Å²) in [6.07, 6.45) is 27.9. The Balaban J connectivity index is 1.54. The summed E-state index contributed by atoms with van der Waals surface area (Å²) in [6.45, 7) is 16.0. The van der Waals surface area contributed by atoms with Gasteiger partial charge in [-0.05, 0) is 107 Å². The second-order valence-electron chi connectivity index (χ2n) is 20.8. The van der Waals surface area contributed by atoms with Crippen molar-refractivity contribution in [1.29, 1.82) is 0 Å². The number of fused-ring (bicyclic) bond motifs is 2. The Hall–Kier alpha value is -3.41. The second kappa shape index (κ2) is 27.6. The largest absolute Gasteiger partial charge is 0.459 e. The first-order chi connectivity index (χ1) is 32.0. The van der Waals surface area contributed by atoms with Crippen molar-refractivity contribution < 1.29 is 38.9 Å². The number of aliphatic hydroxyl groups excluding tert-OH is 2. The van der Waals surface area contributed by atoms with Crippen LogP contribution in [0.4, 0.5) is 4.79 Å². The minimum Gasteiger partial charge on any atom is -0.459 e. The summed E-state index contributed by atoms with van der Waals surface area (Å²) in [7, 11) is 0. The van der Waals surface area contributed by atoms with Gasteiger partial charge in [-0.15, -0.1) is 6.58 Å². The topological polar surface area (TPSA) is 139 Å².